The highest BCUT2D eigenvalue weighted by Gasteiger charge is 2.42. The second-order valence-electron chi connectivity index (χ2n) is 8.95. The molecule has 0 spiro atoms. The van der Waals surface area contributed by atoms with Crippen LogP contribution in [0.4, 0.5) is 42.6 Å². The molecule has 32 heavy (non-hydrogen) atoms. The average molecular weight is 465 g/mol. The molecular formula is C17H25B3F7N5. The van der Waals surface area contributed by atoms with E-state index in [9.17, 15) is 26.3 Å². The Labute approximate surface area is 185 Å². The van der Waals surface area contributed by atoms with Crippen molar-refractivity contribution in [3.8, 4) is 0 Å². The summed E-state index contributed by atoms with van der Waals surface area (Å²) in [6.07, 6.45) is -8.53. The summed E-state index contributed by atoms with van der Waals surface area (Å²) in [6, 6.07) is -4.06. The van der Waals surface area contributed by atoms with E-state index in [1.807, 2.05) is 15.7 Å². The first-order valence-electron chi connectivity index (χ1n) is 10.1. The Balaban J connectivity index is 2.66. The Morgan fingerprint density at radius 1 is 0.906 bits per heavy atom. The van der Waals surface area contributed by atoms with Crippen LogP contribution < -0.4 is 9.80 Å². The van der Waals surface area contributed by atoms with Gasteiger partial charge in [-0.25, -0.2) is 4.39 Å². The number of aromatic nitrogens is 3. The molecule has 5 nitrogen and oxygen atoms in total. The third-order valence-electron chi connectivity index (χ3n) is 6.48. The van der Waals surface area contributed by atoms with Gasteiger partial charge >= 0.3 is 12.4 Å². The number of nitrogens with zero attached hydrogens (tertiary/aromatic N) is 5. The number of allylic oxidation sites excluding steroid dienone is 2. The summed E-state index contributed by atoms with van der Waals surface area (Å²) in [5.74, 6) is -2.29. The maximum atomic E-state index is 15.2. The van der Waals surface area contributed by atoms with Crippen molar-refractivity contribution in [1.82, 2.24) is 15.0 Å². The number of hydrogen-bond acceptors (Lipinski definition) is 5. The Morgan fingerprint density at radius 3 is 1.69 bits per heavy atom. The maximum Gasteiger partial charge on any atom is 0.408 e. The average Bonchev–Trinajstić information content (AvgIpc) is 2.68. The van der Waals surface area contributed by atoms with Gasteiger partial charge in [0.2, 0.25) is 11.9 Å². The predicted molar refractivity (Wildman–Crippen MR) is 117 cm³/mol. The van der Waals surface area contributed by atoms with Crippen LogP contribution in [-0.4, -0.2) is 77.0 Å². The standard InChI is InChI=1S/C17H25B3F7N5/c1-7(16(22,23)24)31(3)13-28-12(9-5-6-15(19,20)11(18)10(9)21)29-14(30-13)32(4)8(2)17(25,26)27/h7-8,11H,5-6,18-20H2,1-4H3/t7-,8-,11+/m1/s1. The van der Waals surface area contributed by atoms with Crippen LogP contribution in [0.15, 0.2) is 5.83 Å². The fourth-order valence-corrected chi connectivity index (χ4v) is 3.20. The van der Waals surface area contributed by atoms with E-state index in [2.05, 4.69) is 15.0 Å². The van der Waals surface area contributed by atoms with E-state index < -0.39 is 48.0 Å². The van der Waals surface area contributed by atoms with Crippen LogP contribution >= 0.6 is 0 Å². The molecule has 0 aliphatic heterocycles. The lowest BCUT2D eigenvalue weighted by Gasteiger charge is -2.37. The molecule has 1 aliphatic carbocycles. The molecule has 0 aromatic carbocycles. The molecule has 0 N–H and O–H groups in total. The molecule has 0 saturated carbocycles. The van der Waals surface area contributed by atoms with Crippen LogP contribution in [0, 0.1) is 0 Å². The third kappa shape index (κ3) is 5.33. The predicted octanol–water partition coefficient (Wildman–Crippen LogP) is 1.92. The molecule has 0 unspecified atom stereocenters. The van der Waals surface area contributed by atoms with E-state index >= 15 is 4.39 Å². The van der Waals surface area contributed by atoms with Gasteiger partial charge in [-0.3, -0.25) is 0 Å². The Kier molecular flexibility index (Phi) is 7.21. The van der Waals surface area contributed by atoms with Crippen LogP contribution in [0.25, 0.3) is 5.57 Å². The molecule has 1 aliphatic rings. The summed E-state index contributed by atoms with van der Waals surface area (Å²) in [5, 5.41) is -0.366. The molecule has 0 fully saturated rings. The summed E-state index contributed by atoms with van der Waals surface area (Å²) in [7, 11) is 7.59. The van der Waals surface area contributed by atoms with Gasteiger partial charge in [0, 0.05) is 19.7 Å². The summed E-state index contributed by atoms with van der Waals surface area (Å²) < 4.78 is 94.6. The van der Waals surface area contributed by atoms with Crippen LogP contribution in [0.2, 0.25) is 11.0 Å². The minimum Gasteiger partial charge on any atom is -0.332 e. The van der Waals surface area contributed by atoms with Gasteiger partial charge < -0.3 is 9.80 Å². The first kappa shape index (κ1) is 26.3. The first-order valence-corrected chi connectivity index (χ1v) is 10.1. The zero-order chi connectivity index (χ0) is 24.8. The Bertz CT molecular complexity index is 831. The quantitative estimate of drug-likeness (QED) is 0.492. The highest BCUT2D eigenvalue weighted by Crippen LogP contribution is 2.50. The summed E-state index contributed by atoms with van der Waals surface area (Å²) in [4.78, 5) is 13.3. The molecule has 0 saturated heterocycles. The fourth-order valence-electron chi connectivity index (χ4n) is 3.20. The molecule has 1 heterocycles. The van der Waals surface area contributed by atoms with Crippen molar-refractivity contribution in [2.45, 2.75) is 62.2 Å². The largest absolute Gasteiger partial charge is 0.408 e. The van der Waals surface area contributed by atoms with E-state index in [0.717, 1.165) is 27.9 Å². The van der Waals surface area contributed by atoms with Crippen molar-refractivity contribution in [2.24, 2.45) is 0 Å². The lowest BCUT2D eigenvalue weighted by Crippen LogP contribution is -2.44. The molecule has 15 heteroatoms. The van der Waals surface area contributed by atoms with Gasteiger partial charge in [0.05, 0.1) is 15.7 Å². The molecule has 0 radical (unpaired) electrons. The highest BCUT2D eigenvalue weighted by molar-refractivity contribution is 6.44. The number of halogens is 7. The van der Waals surface area contributed by atoms with Gasteiger partial charge in [-0.05, 0) is 26.1 Å². The van der Waals surface area contributed by atoms with E-state index in [4.69, 9.17) is 0 Å². The van der Waals surface area contributed by atoms with Crippen LogP contribution in [0.5, 0.6) is 0 Å². The fraction of sp³-hybridized carbons (Fsp3) is 0.706. The molecule has 176 valence electrons. The number of anilines is 2. The van der Waals surface area contributed by atoms with Gasteiger partial charge in [0.15, 0.2) is 5.82 Å². The van der Waals surface area contributed by atoms with Gasteiger partial charge in [0.25, 0.3) is 0 Å². The molecule has 0 bridgehead atoms. The summed E-state index contributed by atoms with van der Waals surface area (Å²) >= 11 is 0. The van der Waals surface area contributed by atoms with Crippen molar-refractivity contribution >= 4 is 41.0 Å². The van der Waals surface area contributed by atoms with Gasteiger partial charge in [-0.15, -0.1) is 0 Å². The van der Waals surface area contributed by atoms with Gasteiger partial charge in [0.1, 0.15) is 25.8 Å². The second-order valence-corrected chi connectivity index (χ2v) is 8.95. The molecule has 3 atom stereocenters. The monoisotopic (exact) mass is 465 g/mol. The van der Waals surface area contributed by atoms with E-state index in [1.165, 1.54) is 0 Å². The SMILES string of the molecule is B[C@H]1C(F)=C(c2nc(N(C)[C@H](C)C(F)(F)F)nc(N(C)[C@H](C)C(F)(F)F)n2)CCC1(B)B. The topological polar surface area (TPSA) is 45.2 Å². The number of rotatable bonds is 5. The van der Waals surface area contributed by atoms with Crippen molar-refractivity contribution in [1.29, 1.82) is 0 Å². The van der Waals surface area contributed by atoms with Crippen LogP contribution in [-0.2, 0) is 0 Å². The molecule has 2 rings (SSSR count). The van der Waals surface area contributed by atoms with E-state index in [0.29, 0.717) is 16.2 Å². The van der Waals surface area contributed by atoms with Crippen molar-refractivity contribution in [3.63, 3.8) is 0 Å². The number of alkyl halides is 6. The van der Waals surface area contributed by atoms with Crippen molar-refractivity contribution < 1.29 is 30.7 Å². The summed E-state index contributed by atoms with van der Waals surface area (Å²) in [6.45, 7) is 1.74. The minimum absolute atomic E-state index is 0.0721. The number of hydrogen-bond donors (Lipinski definition) is 0. The highest BCUT2D eigenvalue weighted by atomic mass is 19.4. The van der Waals surface area contributed by atoms with E-state index in [-0.39, 0.29) is 23.0 Å². The normalized spacial score (nSPS) is 21.3. The molecule has 1 aromatic rings. The third-order valence-corrected chi connectivity index (χ3v) is 6.48. The van der Waals surface area contributed by atoms with E-state index in [1.54, 1.807) is 7.85 Å². The smallest absolute Gasteiger partial charge is 0.332 e. The molecule has 0 amide bonds. The lowest BCUT2D eigenvalue weighted by molar-refractivity contribution is -0.144. The van der Waals surface area contributed by atoms with Crippen molar-refractivity contribution in [3.05, 3.63) is 11.7 Å². The molecular weight excluding hydrogens is 440 g/mol. The van der Waals surface area contributed by atoms with Crippen LogP contribution in [0.1, 0.15) is 32.5 Å². The zero-order valence-corrected chi connectivity index (χ0v) is 19.0. The first-order chi connectivity index (χ1) is 14.4. The lowest BCUT2D eigenvalue weighted by atomic mass is 9.40. The van der Waals surface area contributed by atoms with Crippen molar-refractivity contribution in [2.75, 3.05) is 23.9 Å². The Morgan fingerprint density at radius 2 is 1.31 bits per heavy atom. The Hall–Kier alpha value is -1.95. The molecule has 1 aromatic heterocycles. The zero-order valence-electron chi connectivity index (χ0n) is 19.0. The summed E-state index contributed by atoms with van der Waals surface area (Å²) in [5.41, 5.74) is 0.0721. The van der Waals surface area contributed by atoms with Gasteiger partial charge in [-0.1, -0.05) is 11.6 Å². The van der Waals surface area contributed by atoms with Gasteiger partial charge in [-0.2, -0.15) is 41.3 Å². The minimum atomic E-state index is -4.64. The van der Waals surface area contributed by atoms with Crippen LogP contribution in [0.3, 0.4) is 0 Å². The second kappa shape index (κ2) is 8.77. The maximum absolute atomic E-state index is 15.2.